The van der Waals surface area contributed by atoms with E-state index in [0.717, 1.165) is 22.1 Å². The van der Waals surface area contributed by atoms with Gasteiger partial charge in [-0.15, -0.1) is 0 Å². The fourth-order valence-corrected chi connectivity index (χ4v) is 1.75. The number of fused-ring (bicyclic) bond motifs is 1. The average molecular weight is 246 g/mol. The predicted octanol–water partition coefficient (Wildman–Crippen LogP) is 0.885. The van der Waals surface area contributed by atoms with Crippen molar-refractivity contribution in [2.24, 2.45) is 5.73 Å². The lowest BCUT2D eigenvalue weighted by molar-refractivity contribution is -0.124. The fraction of sp³-hybridized carbons (Fsp3) is 0.231. The second-order valence-corrected chi connectivity index (χ2v) is 4.18. The number of hydrogen-bond acceptors (Lipinski definition) is 3. The summed E-state index contributed by atoms with van der Waals surface area (Å²) < 4.78 is 5.38. The van der Waals surface area contributed by atoms with Gasteiger partial charge in [-0.3, -0.25) is 9.59 Å². The Balaban J connectivity index is 2.12. The SMILES string of the molecule is Cc1ccc2c(CC(=O)NCC(N)=O)coc2c1. The summed E-state index contributed by atoms with van der Waals surface area (Å²) in [6, 6.07) is 5.80. The zero-order valence-corrected chi connectivity index (χ0v) is 10.0. The maximum Gasteiger partial charge on any atom is 0.236 e. The lowest BCUT2D eigenvalue weighted by atomic mass is 10.1. The zero-order chi connectivity index (χ0) is 13.1. The summed E-state index contributed by atoms with van der Waals surface area (Å²) in [6.45, 7) is 1.83. The highest BCUT2D eigenvalue weighted by molar-refractivity contribution is 5.89. The van der Waals surface area contributed by atoms with E-state index in [2.05, 4.69) is 5.32 Å². The van der Waals surface area contributed by atoms with Gasteiger partial charge in [-0.05, 0) is 18.6 Å². The molecule has 3 N–H and O–H groups in total. The van der Waals surface area contributed by atoms with Crippen LogP contribution in [0.5, 0.6) is 0 Å². The Bertz CT molecular complexity index is 601. The normalized spacial score (nSPS) is 10.5. The van der Waals surface area contributed by atoms with Gasteiger partial charge in [-0.2, -0.15) is 0 Å². The van der Waals surface area contributed by atoms with Gasteiger partial charge >= 0.3 is 0 Å². The fourth-order valence-electron chi connectivity index (χ4n) is 1.75. The van der Waals surface area contributed by atoms with Crippen molar-refractivity contribution >= 4 is 22.8 Å². The summed E-state index contributed by atoms with van der Waals surface area (Å²) in [5.74, 6) is -0.812. The highest BCUT2D eigenvalue weighted by Crippen LogP contribution is 2.22. The van der Waals surface area contributed by atoms with Crippen LogP contribution in [0.15, 0.2) is 28.9 Å². The van der Waals surface area contributed by atoms with Gasteiger partial charge in [-0.1, -0.05) is 12.1 Å². The van der Waals surface area contributed by atoms with Crippen LogP contribution in [-0.2, 0) is 16.0 Å². The van der Waals surface area contributed by atoms with Crippen LogP contribution in [0.1, 0.15) is 11.1 Å². The number of amides is 2. The topological polar surface area (TPSA) is 85.3 Å². The van der Waals surface area contributed by atoms with Gasteiger partial charge in [0.2, 0.25) is 11.8 Å². The lowest BCUT2D eigenvalue weighted by Gasteiger charge is -2.01. The molecule has 0 saturated heterocycles. The maximum absolute atomic E-state index is 11.6. The number of benzene rings is 1. The van der Waals surface area contributed by atoms with Crippen LogP contribution in [0.25, 0.3) is 11.0 Å². The molecule has 0 bridgehead atoms. The van der Waals surface area contributed by atoms with Crippen molar-refractivity contribution in [3.63, 3.8) is 0 Å². The third-order valence-electron chi connectivity index (χ3n) is 2.62. The summed E-state index contributed by atoms with van der Waals surface area (Å²) in [4.78, 5) is 22.1. The van der Waals surface area contributed by atoms with Crippen LogP contribution in [0.3, 0.4) is 0 Å². The smallest absolute Gasteiger partial charge is 0.236 e. The van der Waals surface area contributed by atoms with Gasteiger partial charge in [0.05, 0.1) is 19.2 Å². The molecule has 5 nitrogen and oxygen atoms in total. The summed E-state index contributed by atoms with van der Waals surface area (Å²) >= 11 is 0. The van der Waals surface area contributed by atoms with E-state index in [0.29, 0.717) is 0 Å². The van der Waals surface area contributed by atoms with Gasteiger partial charge < -0.3 is 15.5 Å². The number of nitrogens with one attached hydrogen (secondary N) is 1. The maximum atomic E-state index is 11.6. The molecule has 0 atom stereocenters. The first kappa shape index (κ1) is 12.2. The summed E-state index contributed by atoms with van der Waals surface area (Å²) in [5.41, 5.74) is 7.60. The minimum atomic E-state index is -0.559. The van der Waals surface area contributed by atoms with E-state index in [4.69, 9.17) is 10.2 Å². The van der Waals surface area contributed by atoms with E-state index < -0.39 is 5.91 Å². The van der Waals surface area contributed by atoms with Crippen molar-refractivity contribution in [1.82, 2.24) is 5.32 Å². The molecule has 0 saturated carbocycles. The second-order valence-electron chi connectivity index (χ2n) is 4.18. The molecule has 0 unspecified atom stereocenters. The van der Waals surface area contributed by atoms with E-state index in [1.807, 2.05) is 25.1 Å². The molecule has 0 aliphatic heterocycles. The minimum Gasteiger partial charge on any atom is -0.464 e. The molecule has 0 radical (unpaired) electrons. The number of rotatable bonds is 4. The Morgan fingerprint density at radius 2 is 2.17 bits per heavy atom. The number of carbonyl (C=O) groups excluding carboxylic acids is 2. The Kier molecular flexibility index (Phi) is 3.32. The molecule has 2 aromatic rings. The van der Waals surface area contributed by atoms with Crippen molar-refractivity contribution in [3.05, 3.63) is 35.6 Å². The molecule has 1 heterocycles. The van der Waals surface area contributed by atoms with Crippen LogP contribution >= 0.6 is 0 Å². The number of furan rings is 1. The highest BCUT2D eigenvalue weighted by Gasteiger charge is 2.10. The number of carbonyl (C=O) groups is 2. The van der Waals surface area contributed by atoms with E-state index in [1.54, 1.807) is 6.26 Å². The summed E-state index contributed by atoms with van der Waals surface area (Å²) in [5, 5.41) is 3.35. The molecule has 0 spiro atoms. The zero-order valence-electron chi connectivity index (χ0n) is 10.0. The van der Waals surface area contributed by atoms with E-state index in [1.165, 1.54) is 0 Å². The Morgan fingerprint density at radius 3 is 2.89 bits per heavy atom. The monoisotopic (exact) mass is 246 g/mol. The first-order valence-corrected chi connectivity index (χ1v) is 5.58. The molecule has 94 valence electrons. The van der Waals surface area contributed by atoms with E-state index in [-0.39, 0.29) is 18.9 Å². The first-order chi connectivity index (χ1) is 8.56. The van der Waals surface area contributed by atoms with E-state index in [9.17, 15) is 9.59 Å². The van der Waals surface area contributed by atoms with Crippen LogP contribution in [0.2, 0.25) is 0 Å². The Labute approximate surface area is 104 Å². The number of hydrogen-bond donors (Lipinski definition) is 2. The number of primary amides is 1. The Morgan fingerprint density at radius 1 is 1.39 bits per heavy atom. The molecular weight excluding hydrogens is 232 g/mol. The molecule has 18 heavy (non-hydrogen) atoms. The molecular formula is C13H14N2O3. The van der Waals surface area contributed by atoms with Crippen molar-refractivity contribution < 1.29 is 14.0 Å². The van der Waals surface area contributed by atoms with Crippen molar-refractivity contribution in [3.8, 4) is 0 Å². The quantitative estimate of drug-likeness (QED) is 0.839. The standard InChI is InChI=1S/C13H14N2O3/c1-8-2-3-10-9(7-18-11(10)4-8)5-13(17)15-6-12(14)16/h2-4,7H,5-6H2,1H3,(H2,14,16)(H,15,17). The molecule has 0 aliphatic rings. The molecule has 2 amide bonds. The summed E-state index contributed by atoms with van der Waals surface area (Å²) in [7, 11) is 0. The van der Waals surface area contributed by atoms with Crippen LogP contribution in [0.4, 0.5) is 0 Å². The molecule has 0 fully saturated rings. The molecule has 1 aromatic heterocycles. The van der Waals surface area contributed by atoms with Crippen molar-refractivity contribution in [1.29, 1.82) is 0 Å². The van der Waals surface area contributed by atoms with Gasteiger partial charge in [0.1, 0.15) is 5.58 Å². The highest BCUT2D eigenvalue weighted by atomic mass is 16.3. The largest absolute Gasteiger partial charge is 0.464 e. The predicted molar refractivity (Wildman–Crippen MR) is 66.9 cm³/mol. The first-order valence-electron chi connectivity index (χ1n) is 5.58. The van der Waals surface area contributed by atoms with Gasteiger partial charge in [-0.25, -0.2) is 0 Å². The van der Waals surface area contributed by atoms with Crippen LogP contribution in [-0.4, -0.2) is 18.4 Å². The average Bonchev–Trinajstić information content (AvgIpc) is 2.69. The third-order valence-corrected chi connectivity index (χ3v) is 2.62. The van der Waals surface area contributed by atoms with Gasteiger partial charge in [0.25, 0.3) is 0 Å². The summed E-state index contributed by atoms with van der Waals surface area (Å²) in [6.07, 6.45) is 1.73. The van der Waals surface area contributed by atoms with Crippen LogP contribution in [0, 0.1) is 6.92 Å². The van der Waals surface area contributed by atoms with Crippen molar-refractivity contribution in [2.45, 2.75) is 13.3 Å². The van der Waals surface area contributed by atoms with E-state index >= 15 is 0 Å². The van der Waals surface area contributed by atoms with Gasteiger partial charge in [0, 0.05) is 10.9 Å². The van der Waals surface area contributed by atoms with Gasteiger partial charge in [0.15, 0.2) is 0 Å². The van der Waals surface area contributed by atoms with Crippen LogP contribution < -0.4 is 11.1 Å². The molecule has 0 aliphatic carbocycles. The van der Waals surface area contributed by atoms with Crippen molar-refractivity contribution in [2.75, 3.05) is 6.54 Å². The molecule has 5 heteroatoms. The molecule has 1 aromatic carbocycles. The lowest BCUT2D eigenvalue weighted by Crippen LogP contribution is -2.34. The second kappa shape index (κ2) is 4.91. The third kappa shape index (κ3) is 2.68. The number of nitrogens with two attached hydrogens (primary N) is 1. The number of aryl methyl sites for hydroxylation is 1. The molecule has 2 rings (SSSR count). The minimum absolute atomic E-state index is 0.145. The Hall–Kier alpha value is -2.30.